The fraction of sp³-hybridized carbons (Fsp3) is 0.143. The summed E-state index contributed by atoms with van der Waals surface area (Å²) in [6, 6.07) is 13.0. The highest BCUT2D eigenvalue weighted by Gasteiger charge is 2.22. The van der Waals surface area contributed by atoms with Crippen LogP contribution in [0.2, 0.25) is 0 Å². The van der Waals surface area contributed by atoms with Crippen LogP contribution in [0.15, 0.2) is 68.8 Å². The molecule has 5 nitrogen and oxygen atoms in total. The van der Waals surface area contributed by atoms with Crippen molar-refractivity contribution in [3.63, 3.8) is 0 Å². The van der Waals surface area contributed by atoms with E-state index in [9.17, 15) is 4.79 Å². The van der Waals surface area contributed by atoms with E-state index in [1.807, 2.05) is 56.3 Å². The SMILES string of the molecule is Cc1cc(C(C)N)c2oc(-c3ccccc3)c(-c3cocn3)c(=O)c2c1. The van der Waals surface area contributed by atoms with Crippen LogP contribution < -0.4 is 11.2 Å². The molecule has 2 aromatic heterocycles. The van der Waals surface area contributed by atoms with E-state index in [1.54, 1.807) is 0 Å². The maximum Gasteiger partial charge on any atom is 0.202 e. The van der Waals surface area contributed by atoms with E-state index in [0.717, 1.165) is 16.7 Å². The zero-order valence-electron chi connectivity index (χ0n) is 14.5. The lowest BCUT2D eigenvalue weighted by molar-refractivity contribution is 0.558. The van der Waals surface area contributed by atoms with Crippen LogP contribution in [0.5, 0.6) is 0 Å². The smallest absolute Gasteiger partial charge is 0.202 e. The zero-order chi connectivity index (χ0) is 18.3. The zero-order valence-corrected chi connectivity index (χ0v) is 14.5. The van der Waals surface area contributed by atoms with Gasteiger partial charge in [-0.05, 0) is 25.5 Å². The fourth-order valence-electron chi connectivity index (χ4n) is 3.17. The van der Waals surface area contributed by atoms with Crippen molar-refractivity contribution in [3.05, 3.63) is 76.5 Å². The molecule has 26 heavy (non-hydrogen) atoms. The van der Waals surface area contributed by atoms with Crippen molar-refractivity contribution in [1.82, 2.24) is 4.98 Å². The number of hydrogen-bond acceptors (Lipinski definition) is 5. The van der Waals surface area contributed by atoms with E-state index in [-0.39, 0.29) is 11.5 Å². The molecule has 4 aromatic rings. The second-order valence-corrected chi connectivity index (χ2v) is 6.39. The van der Waals surface area contributed by atoms with Crippen LogP contribution in [-0.2, 0) is 0 Å². The summed E-state index contributed by atoms with van der Waals surface area (Å²) in [6.07, 6.45) is 2.75. The van der Waals surface area contributed by atoms with Crippen LogP contribution in [0.4, 0.5) is 0 Å². The lowest BCUT2D eigenvalue weighted by Crippen LogP contribution is -2.12. The number of hydrogen-bond donors (Lipinski definition) is 1. The average molecular weight is 346 g/mol. The van der Waals surface area contributed by atoms with Gasteiger partial charge in [-0.15, -0.1) is 0 Å². The molecule has 1 unspecified atom stereocenters. The number of rotatable bonds is 3. The van der Waals surface area contributed by atoms with Crippen LogP contribution in [-0.4, -0.2) is 4.98 Å². The Kier molecular flexibility index (Phi) is 3.93. The van der Waals surface area contributed by atoms with Gasteiger partial charge < -0.3 is 14.6 Å². The first-order valence-electron chi connectivity index (χ1n) is 8.37. The number of benzene rings is 2. The summed E-state index contributed by atoms with van der Waals surface area (Å²) in [5, 5.41) is 0.495. The molecule has 0 radical (unpaired) electrons. The van der Waals surface area contributed by atoms with Crippen molar-refractivity contribution in [2.75, 3.05) is 0 Å². The third-order valence-corrected chi connectivity index (χ3v) is 4.38. The topological polar surface area (TPSA) is 82.3 Å². The van der Waals surface area contributed by atoms with E-state index in [1.165, 1.54) is 12.7 Å². The molecule has 0 saturated carbocycles. The summed E-state index contributed by atoms with van der Waals surface area (Å²) in [5.74, 6) is 0.461. The molecular formula is C21H18N2O3. The summed E-state index contributed by atoms with van der Waals surface area (Å²) in [5.41, 5.74) is 9.89. The van der Waals surface area contributed by atoms with Crippen LogP contribution >= 0.6 is 0 Å². The van der Waals surface area contributed by atoms with Gasteiger partial charge in [-0.25, -0.2) is 4.98 Å². The van der Waals surface area contributed by atoms with Gasteiger partial charge in [0.15, 0.2) is 6.39 Å². The monoisotopic (exact) mass is 346 g/mol. The maximum absolute atomic E-state index is 13.4. The first-order valence-corrected chi connectivity index (χ1v) is 8.37. The van der Waals surface area contributed by atoms with Gasteiger partial charge in [-0.2, -0.15) is 0 Å². The minimum absolute atomic E-state index is 0.149. The highest BCUT2D eigenvalue weighted by atomic mass is 16.3. The number of nitrogens with zero attached hydrogens (tertiary/aromatic N) is 1. The van der Waals surface area contributed by atoms with Gasteiger partial charge in [0.2, 0.25) is 5.43 Å². The third-order valence-electron chi connectivity index (χ3n) is 4.38. The van der Waals surface area contributed by atoms with Gasteiger partial charge in [-0.1, -0.05) is 36.4 Å². The van der Waals surface area contributed by atoms with Crippen molar-refractivity contribution >= 4 is 11.0 Å². The van der Waals surface area contributed by atoms with Gasteiger partial charge in [0.05, 0.1) is 10.9 Å². The molecule has 0 amide bonds. The molecule has 130 valence electrons. The molecule has 0 aliphatic heterocycles. The highest BCUT2D eigenvalue weighted by molar-refractivity contribution is 5.90. The molecule has 1 atom stereocenters. The molecule has 0 bridgehead atoms. The van der Waals surface area contributed by atoms with E-state index in [2.05, 4.69) is 4.98 Å². The molecular weight excluding hydrogens is 328 g/mol. The standard InChI is InChI=1S/C21H18N2O3/c1-12-8-15(13(2)22)21-16(9-12)19(24)18(17-10-25-11-23-17)20(26-21)14-6-4-3-5-7-14/h3-11,13H,22H2,1-2H3. The van der Waals surface area contributed by atoms with E-state index < -0.39 is 0 Å². The minimum atomic E-state index is -0.262. The number of fused-ring (bicyclic) bond motifs is 1. The minimum Gasteiger partial charge on any atom is -0.455 e. The Morgan fingerprint density at radius 2 is 1.92 bits per heavy atom. The molecule has 0 spiro atoms. The first-order chi connectivity index (χ1) is 12.6. The van der Waals surface area contributed by atoms with Gasteiger partial charge in [-0.3, -0.25) is 4.79 Å². The van der Waals surface area contributed by atoms with Crippen LogP contribution in [0.25, 0.3) is 33.6 Å². The second kappa shape index (κ2) is 6.28. The molecule has 2 aromatic carbocycles. The summed E-state index contributed by atoms with van der Waals surface area (Å²) in [6.45, 7) is 3.81. The van der Waals surface area contributed by atoms with E-state index in [0.29, 0.717) is 28.0 Å². The highest BCUT2D eigenvalue weighted by Crippen LogP contribution is 2.34. The van der Waals surface area contributed by atoms with E-state index >= 15 is 0 Å². The Hall–Kier alpha value is -3.18. The normalized spacial score (nSPS) is 12.4. The van der Waals surface area contributed by atoms with Gasteiger partial charge in [0, 0.05) is 17.2 Å². The lowest BCUT2D eigenvalue weighted by atomic mass is 9.98. The number of aryl methyl sites for hydroxylation is 1. The predicted molar refractivity (Wildman–Crippen MR) is 101 cm³/mol. The van der Waals surface area contributed by atoms with Crippen molar-refractivity contribution in [1.29, 1.82) is 0 Å². The van der Waals surface area contributed by atoms with E-state index in [4.69, 9.17) is 14.6 Å². The van der Waals surface area contributed by atoms with Gasteiger partial charge >= 0.3 is 0 Å². The predicted octanol–water partition coefficient (Wildman–Crippen LogP) is 4.44. The molecule has 0 aliphatic carbocycles. The Balaban J connectivity index is 2.18. The number of nitrogens with two attached hydrogens (primary N) is 1. The Morgan fingerprint density at radius 3 is 2.58 bits per heavy atom. The summed E-state index contributed by atoms with van der Waals surface area (Å²) in [4.78, 5) is 17.5. The molecule has 5 heteroatoms. The largest absolute Gasteiger partial charge is 0.455 e. The molecule has 0 fully saturated rings. The van der Waals surface area contributed by atoms with Crippen LogP contribution in [0.1, 0.15) is 24.1 Å². The van der Waals surface area contributed by atoms with Gasteiger partial charge in [0.25, 0.3) is 0 Å². The summed E-state index contributed by atoms with van der Waals surface area (Å²) < 4.78 is 11.4. The van der Waals surface area contributed by atoms with Crippen molar-refractivity contribution in [2.24, 2.45) is 5.73 Å². The summed E-state index contributed by atoms with van der Waals surface area (Å²) >= 11 is 0. The average Bonchev–Trinajstić information content (AvgIpc) is 3.16. The van der Waals surface area contributed by atoms with Crippen molar-refractivity contribution < 1.29 is 8.83 Å². The van der Waals surface area contributed by atoms with Gasteiger partial charge in [0.1, 0.15) is 23.3 Å². The lowest BCUT2D eigenvalue weighted by Gasteiger charge is -2.14. The van der Waals surface area contributed by atoms with Crippen molar-refractivity contribution in [3.8, 4) is 22.6 Å². The maximum atomic E-state index is 13.4. The number of oxazole rings is 1. The molecule has 2 heterocycles. The summed E-state index contributed by atoms with van der Waals surface area (Å²) in [7, 11) is 0. The molecule has 0 saturated heterocycles. The Labute approximate surface area is 150 Å². The second-order valence-electron chi connectivity index (χ2n) is 6.39. The number of aromatic nitrogens is 1. The van der Waals surface area contributed by atoms with Crippen molar-refractivity contribution in [2.45, 2.75) is 19.9 Å². The van der Waals surface area contributed by atoms with Crippen LogP contribution in [0, 0.1) is 6.92 Å². The quantitative estimate of drug-likeness (QED) is 0.593. The molecule has 4 rings (SSSR count). The third kappa shape index (κ3) is 2.62. The Morgan fingerprint density at radius 1 is 1.15 bits per heavy atom. The van der Waals surface area contributed by atoms with Crippen LogP contribution in [0.3, 0.4) is 0 Å². The molecule has 2 N–H and O–H groups in total. The fourth-order valence-corrected chi connectivity index (χ4v) is 3.17. The first kappa shape index (κ1) is 16.3. The Bertz CT molecular complexity index is 1130. The molecule has 0 aliphatic rings.